The largest absolute Gasteiger partial charge is 0.404 e. The summed E-state index contributed by atoms with van der Waals surface area (Å²) < 4.78 is 0. The van der Waals surface area contributed by atoms with Gasteiger partial charge in [0.1, 0.15) is 11.2 Å². The Morgan fingerprint density at radius 3 is 2.80 bits per heavy atom. The van der Waals surface area contributed by atoms with Crippen molar-refractivity contribution >= 4 is 22.8 Å². The maximum atomic E-state index is 9.66. The van der Waals surface area contributed by atoms with E-state index in [1.165, 1.54) is 44.1 Å². The van der Waals surface area contributed by atoms with Gasteiger partial charge in [-0.15, -0.1) is 0 Å². The van der Waals surface area contributed by atoms with Gasteiger partial charge in [0.2, 0.25) is 0 Å². The van der Waals surface area contributed by atoms with Crippen LogP contribution in [-0.2, 0) is 12.8 Å². The van der Waals surface area contributed by atoms with E-state index in [4.69, 9.17) is 15.7 Å². The van der Waals surface area contributed by atoms with Gasteiger partial charge in [-0.1, -0.05) is 57.2 Å². The highest BCUT2D eigenvalue weighted by atomic mass is 15.1. The quantitative estimate of drug-likeness (QED) is 0.226. The second-order valence-electron chi connectivity index (χ2n) is 12.2. The number of benzene rings is 1. The number of aryl methyl sites for hydroxylation is 1. The molecule has 2 heterocycles. The van der Waals surface area contributed by atoms with Crippen LogP contribution in [0.3, 0.4) is 0 Å². The molecule has 0 bridgehead atoms. The van der Waals surface area contributed by atoms with E-state index in [-0.39, 0.29) is 11.5 Å². The van der Waals surface area contributed by atoms with Gasteiger partial charge in [-0.25, -0.2) is 4.98 Å². The molecule has 1 saturated carbocycles. The Bertz CT molecular complexity index is 1450. The molecule has 2 aromatic heterocycles. The second-order valence-corrected chi connectivity index (χ2v) is 12.2. The van der Waals surface area contributed by atoms with Crippen molar-refractivity contribution in [2.45, 2.75) is 95.9 Å². The van der Waals surface area contributed by atoms with Crippen molar-refractivity contribution in [2.24, 2.45) is 16.6 Å². The summed E-state index contributed by atoms with van der Waals surface area (Å²) in [5, 5.41) is 20.8. The fourth-order valence-electron chi connectivity index (χ4n) is 6.75. The summed E-state index contributed by atoms with van der Waals surface area (Å²) in [6, 6.07) is 10.9. The number of allylic oxidation sites excluding steroid dienone is 1. The Morgan fingerprint density at radius 2 is 2.07 bits per heavy atom. The molecule has 7 heteroatoms. The highest BCUT2D eigenvalue weighted by Gasteiger charge is 2.27. The van der Waals surface area contributed by atoms with E-state index >= 15 is 0 Å². The van der Waals surface area contributed by atoms with Crippen molar-refractivity contribution in [1.82, 2.24) is 20.5 Å². The van der Waals surface area contributed by atoms with Crippen LogP contribution in [0.15, 0.2) is 35.5 Å². The molecule has 7 nitrogen and oxygen atoms in total. The molecule has 4 N–H and O–H groups in total. The molecule has 2 aliphatic rings. The number of hydrogen-bond donors (Lipinski definition) is 3. The summed E-state index contributed by atoms with van der Waals surface area (Å²) in [6.07, 6.45) is 16.2. The van der Waals surface area contributed by atoms with E-state index in [0.717, 1.165) is 89.3 Å². The number of nitrogens with one attached hydrogen (secondary N) is 2. The fraction of sp³-hybridized carbons (Fsp3) is 0.529. The van der Waals surface area contributed by atoms with Gasteiger partial charge in [0.05, 0.1) is 28.7 Å². The zero-order chi connectivity index (χ0) is 28.8. The average Bonchev–Trinajstić information content (AvgIpc) is 3.63. The maximum Gasteiger partial charge on any atom is 0.121 e. The number of hydrogen-bond acceptors (Lipinski definition) is 6. The van der Waals surface area contributed by atoms with Crippen LogP contribution in [0.1, 0.15) is 99.9 Å². The maximum absolute atomic E-state index is 9.66. The first-order valence-corrected chi connectivity index (χ1v) is 15.5. The number of aromatic nitrogens is 3. The first-order valence-electron chi connectivity index (χ1n) is 15.5. The second kappa shape index (κ2) is 13.0. The zero-order valence-corrected chi connectivity index (χ0v) is 25.0. The summed E-state index contributed by atoms with van der Waals surface area (Å²) in [6.45, 7) is 5.35. The molecule has 1 fully saturated rings. The lowest BCUT2D eigenvalue weighted by atomic mass is 9.81. The molecule has 2 atom stereocenters. The molecule has 1 aromatic carbocycles. The average molecular weight is 552 g/mol. The van der Waals surface area contributed by atoms with Crippen molar-refractivity contribution in [3.63, 3.8) is 0 Å². The van der Waals surface area contributed by atoms with Crippen LogP contribution in [0.4, 0.5) is 0 Å². The fourth-order valence-corrected chi connectivity index (χ4v) is 6.75. The molecule has 5 rings (SSSR count). The summed E-state index contributed by atoms with van der Waals surface area (Å²) in [5.41, 5.74) is 14.9. The van der Waals surface area contributed by atoms with Crippen molar-refractivity contribution in [2.75, 3.05) is 13.6 Å². The van der Waals surface area contributed by atoms with E-state index in [1.54, 1.807) is 6.20 Å². The monoisotopic (exact) mass is 551 g/mol. The van der Waals surface area contributed by atoms with Crippen LogP contribution in [0.25, 0.3) is 27.9 Å². The SMILES string of the molecule is CCc1cc2[nH]nc(/C(C=NC(C)(CCNC)CCC3CCCCC3)=C/N)c2nc1-c1cccc2c1CCC2C#N. The van der Waals surface area contributed by atoms with Crippen molar-refractivity contribution < 1.29 is 0 Å². The Kier molecular flexibility index (Phi) is 9.19. The number of nitrogens with two attached hydrogens (primary N) is 1. The van der Waals surface area contributed by atoms with E-state index in [1.807, 2.05) is 13.3 Å². The highest BCUT2D eigenvalue weighted by molar-refractivity contribution is 6.13. The lowest BCUT2D eigenvalue weighted by Gasteiger charge is -2.29. The molecule has 2 unspecified atom stereocenters. The van der Waals surface area contributed by atoms with Crippen molar-refractivity contribution in [3.8, 4) is 17.3 Å². The third kappa shape index (κ3) is 6.23. The molecule has 0 saturated heterocycles. The predicted octanol–water partition coefficient (Wildman–Crippen LogP) is 6.84. The van der Waals surface area contributed by atoms with Gasteiger partial charge in [0, 0.05) is 23.6 Å². The van der Waals surface area contributed by atoms with E-state index in [2.05, 4.69) is 59.7 Å². The summed E-state index contributed by atoms with van der Waals surface area (Å²) >= 11 is 0. The van der Waals surface area contributed by atoms with E-state index in [9.17, 15) is 5.26 Å². The van der Waals surface area contributed by atoms with Crippen LogP contribution >= 0.6 is 0 Å². The van der Waals surface area contributed by atoms with Crippen molar-refractivity contribution in [1.29, 1.82) is 5.26 Å². The van der Waals surface area contributed by atoms with Gasteiger partial charge in [0.25, 0.3) is 0 Å². The highest BCUT2D eigenvalue weighted by Crippen LogP contribution is 2.40. The zero-order valence-electron chi connectivity index (χ0n) is 25.0. The predicted molar refractivity (Wildman–Crippen MR) is 169 cm³/mol. The molecule has 3 aromatic rings. The Hall–Kier alpha value is -3.50. The molecule has 0 aliphatic heterocycles. The smallest absolute Gasteiger partial charge is 0.121 e. The van der Waals surface area contributed by atoms with Crippen LogP contribution in [0.2, 0.25) is 0 Å². The van der Waals surface area contributed by atoms with Gasteiger partial charge in [-0.3, -0.25) is 10.1 Å². The summed E-state index contributed by atoms with van der Waals surface area (Å²) in [7, 11) is 2.00. The number of rotatable bonds is 11. The van der Waals surface area contributed by atoms with Gasteiger partial charge in [0.15, 0.2) is 0 Å². The standard InChI is InChI=1S/C34H45N7/c1-4-24-19-30-33(39-31(24)29-12-8-11-27-25(20-35)13-14-28(27)29)32(41-40-30)26(21-36)22-38-34(2,17-18-37-3)16-15-23-9-6-5-7-10-23/h8,11-12,19,21-23,25,37H,4-7,9-10,13-18,36H2,1-3H3,(H,40,41)/b26-21+,38-22?. The van der Waals surface area contributed by atoms with E-state index < -0.39 is 0 Å². The lowest BCUT2D eigenvalue weighted by molar-refractivity contribution is 0.289. The molecular weight excluding hydrogens is 506 g/mol. The number of aromatic amines is 1. The van der Waals surface area contributed by atoms with Crippen molar-refractivity contribution in [3.05, 3.63) is 52.8 Å². The molecule has 0 amide bonds. The minimum absolute atomic E-state index is 0.0402. The molecule has 0 spiro atoms. The number of fused-ring (bicyclic) bond motifs is 2. The molecule has 41 heavy (non-hydrogen) atoms. The van der Waals surface area contributed by atoms with Gasteiger partial charge in [-0.2, -0.15) is 10.4 Å². The third-order valence-corrected chi connectivity index (χ3v) is 9.37. The summed E-state index contributed by atoms with van der Waals surface area (Å²) in [4.78, 5) is 10.4. The molecule has 216 valence electrons. The first kappa shape index (κ1) is 29.0. The molecule has 2 aliphatic carbocycles. The summed E-state index contributed by atoms with van der Waals surface area (Å²) in [5.74, 6) is 0.785. The minimum atomic E-state index is -0.170. The number of aliphatic imine (C=N–C) groups is 1. The van der Waals surface area contributed by atoms with Gasteiger partial charge >= 0.3 is 0 Å². The van der Waals surface area contributed by atoms with Crippen LogP contribution in [0.5, 0.6) is 0 Å². The Morgan fingerprint density at radius 1 is 1.24 bits per heavy atom. The minimum Gasteiger partial charge on any atom is -0.404 e. The third-order valence-electron chi connectivity index (χ3n) is 9.37. The molecular formula is C34H45N7. The number of pyridine rings is 1. The first-order chi connectivity index (χ1) is 20.0. The molecule has 0 radical (unpaired) electrons. The lowest BCUT2D eigenvalue weighted by Crippen LogP contribution is -2.28. The van der Waals surface area contributed by atoms with Crippen LogP contribution < -0.4 is 11.1 Å². The number of H-pyrrole nitrogens is 1. The normalized spacial score (nSPS) is 19.5. The Balaban J connectivity index is 1.47. The number of nitrogens with zero attached hydrogens (tertiary/aromatic N) is 4. The topological polar surface area (TPSA) is 116 Å². The van der Waals surface area contributed by atoms with Gasteiger partial charge in [-0.05, 0) is 87.7 Å². The van der Waals surface area contributed by atoms with Crippen LogP contribution in [0, 0.1) is 17.2 Å². The van der Waals surface area contributed by atoms with Gasteiger partial charge < -0.3 is 11.1 Å². The number of nitriles is 1. The van der Waals surface area contributed by atoms with Crippen LogP contribution in [-0.4, -0.2) is 40.5 Å². The Labute approximate surface area is 244 Å². The van der Waals surface area contributed by atoms with E-state index in [0.29, 0.717) is 0 Å².